The molecule has 0 saturated heterocycles. The molecule has 0 fully saturated rings. The molecule has 0 aromatic carbocycles. The van der Waals surface area contributed by atoms with Crippen molar-refractivity contribution in [2.75, 3.05) is 18.6 Å². The van der Waals surface area contributed by atoms with Crippen LogP contribution in [0.2, 0.25) is 0 Å². The van der Waals surface area contributed by atoms with Gasteiger partial charge in [-0.15, -0.1) is 0 Å². The average molecular weight is 193 g/mol. The van der Waals surface area contributed by atoms with Crippen molar-refractivity contribution in [3.63, 3.8) is 0 Å². The topological polar surface area (TPSA) is 46.2 Å². The molecule has 4 heteroatoms. The quantitative estimate of drug-likeness (QED) is 0.698. The lowest BCUT2D eigenvalue weighted by Gasteiger charge is -2.16. The van der Waals surface area contributed by atoms with Crippen LogP contribution in [0.3, 0.4) is 0 Å². The molecule has 1 N–H and O–H groups in total. The van der Waals surface area contributed by atoms with Gasteiger partial charge in [-0.1, -0.05) is 13.8 Å². The van der Waals surface area contributed by atoms with Crippen LogP contribution < -0.4 is 5.32 Å². The number of hydrogen-bond acceptors (Lipinski definition) is 3. The van der Waals surface area contributed by atoms with Crippen molar-refractivity contribution >= 4 is 9.84 Å². The first-order valence-electron chi connectivity index (χ1n) is 4.24. The maximum absolute atomic E-state index is 10.7. The van der Waals surface area contributed by atoms with E-state index in [1.165, 1.54) is 6.26 Å². The van der Waals surface area contributed by atoms with E-state index in [4.69, 9.17) is 0 Å². The van der Waals surface area contributed by atoms with E-state index >= 15 is 0 Å². The SMILES string of the molecule is CC(C)C(C)NCCS(C)(=O)=O. The van der Waals surface area contributed by atoms with Gasteiger partial charge in [0.05, 0.1) is 5.75 Å². The Labute approximate surface area is 75.5 Å². The molecular formula is C8H19NO2S. The molecule has 12 heavy (non-hydrogen) atoms. The van der Waals surface area contributed by atoms with Crippen molar-refractivity contribution in [3.05, 3.63) is 0 Å². The first-order valence-corrected chi connectivity index (χ1v) is 6.30. The monoisotopic (exact) mass is 193 g/mol. The second-order valence-electron chi connectivity index (χ2n) is 3.62. The van der Waals surface area contributed by atoms with Crippen LogP contribution in [-0.2, 0) is 9.84 Å². The maximum Gasteiger partial charge on any atom is 0.148 e. The molecule has 0 rings (SSSR count). The van der Waals surface area contributed by atoms with Gasteiger partial charge >= 0.3 is 0 Å². The highest BCUT2D eigenvalue weighted by Gasteiger charge is 2.07. The summed E-state index contributed by atoms with van der Waals surface area (Å²) >= 11 is 0. The third kappa shape index (κ3) is 6.61. The highest BCUT2D eigenvalue weighted by Crippen LogP contribution is 1.98. The molecule has 0 amide bonds. The fraction of sp³-hybridized carbons (Fsp3) is 1.00. The average Bonchev–Trinajstić information content (AvgIpc) is 1.84. The Kier molecular flexibility index (Phi) is 4.78. The Bertz CT molecular complexity index is 209. The van der Waals surface area contributed by atoms with E-state index in [0.29, 0.717) is 18.5 Å². The second kappa shape index (κ2) is 4.82. The molecular weight excluding hydrogens is 174 g/mol. The van der Waals surface area contributed by atoms with Gasteiger partial charge in [0, 0.05) is 18.8 Å². The molecule has 0 radical (unpaired) electrons. The van der Waals surface area contributed by atoms with E-state index < -0.39 is 9.84 Å². The van der Waals surface area contributed by atoms with Gasteiger partial charge in [-0.25, -0.2) is 8.42 Å². The van der Waals surface area contributed by atoms with Crippen LogP contribution in [0.5, 0.6) is 0 Å². The van der Waals surface area contributed by atoms with E-state index in [-0.39, 0.29) is 5.75 Å². The molecule has 1 unspecified atom stereocenters. The lowest BCUT2D eigenvalue weighted by Crippen LogP contribution is -2.34. The number of nitrogens with one attached hydrogen (secondary N) is 1. The smallest absolute Gasteiger partial charge is 0.148 e. The highest BCUT2D eigenvalue weighted by atomic mass is 32.2. The predicted octanol–water partition coefficient (Wildman–Crippen LogP) is 0.665. The summed E-state index contributed by atoms with van der Waals surface area (Å²) in [5.41, 5.74) is 0. The van der Waals surface area contributed by atoms with Gasteiger partial charge in [-0.05, 0) is 12.8 Å². The first-order chi connectivity index (χ1) is 5.33. The minimum Gasteiger partial charge on any atom is -0.313 e. The summed E-state index contributed by atoms with van der Waals surface area (Å²) in [4.78, 5) is 0. The summed E-state index contributed by atoms with van der Waals surface area (Å²) in [5, 5.41) is 3.16. The van der Waals surface area contributed by atoms with Gasteiger partial charge in [-0.2, -0.15) is 0 Å². The van der Waals surface area contributed by atoms with Crippen molar-refractivity contribution in [2.24, 2.45) is 5.92 Å². The van der Waals surface area contributed by atoms with E-state index in [0.717, 1.165) is 0 Å². The summed E-state index contributed by atoms with van der Waals surface area (Å²) in [5.74, 6) is 0.772. The zero-order chi connectivity index (χ0) is 9.78. The van der Waals surface area contributed by atoms with Crippen molar-refractivity contribution in [2.45, 2.75) is 26.8 Å². The second-order valence-corrected chi connectivity index (χ2v) is 5.88. The summed E-state index contributed by atoms with van der Waals surface area (Å²) in [6, 6.07) is 0.381. The summed E-state index contributed by atoms with van der Waals surface area (Å²) in [7, 11) is -2.81. The third-order valence-corrected chi connectivity index (χ3v) is 2.88. The largest absolute Gasteiger partial charge is 0.313 e. The van der Waals surface area contributed by atoms with Gasteiger partial charge in [-0.3, -0.25) is 0 Å². The molecule has 0 aromatic heterocycles. The zero-order valence-electron chi connectivity index (χ0n) is 8.29. The Morgan fingerprint density at radius 1 is 1.25 bits per heavy atom. The Hall–Kier alpha value is -0.0900. The predicted molar refractivity (Wildman–Crippen MR) is 52.0 cm³/mol. The molecule has 0 saturated carbocycles. The van der Waals surface area contributed by atoms with Crippen LogP contribution in [0.4, 0.5) is 0 Å². The maximum atomic E-state index is 10.7. The highest BCUT2D eigenvalue weighted by molar-refractivity contribution is 7.90. The van der Waals surface area contributed by atoms with Crippen LogP contribution in [0.1, 0.15) is 20.8 Å². The number of rotatable bonds is 5. The molecule has 0 aromatic rings. The molecule has 0 aliphatic carbocycles. The van der Waals surface area contributed by atoms with Crippen LogP contribution in [0, 0.1) is 5.92 Å². The number of hydrogen-bond donors (Lipinski definition) is 1. The molecule has 1 atom stereocenters. The van der Waals surface area contributed by atoms with Crippen LogP contribution in [0.15, 0.2) is 0 Å². The molecule has 0 aliphatic heterocycles. The van der Waals surface area contributed by atoms with E-state index in [1.54, 1.807) is 0 Å². The van der Waals surface area contributed by atoms with Crippen LogP contribution >= 0.6 is 0 Å². The summed E-state index contributed by atoms with van der Waals surface area (Å²) < 4.78 is 21.5. The minimum atomic E-state index is -2.81. The first kappa shape index (κ1) is 11.9. The third-order valence-electron chi connectivity index (χ3n) is 1.94. The Morgan fingerprint density at radius 3 is 2.08 bits per heavy atom. The fourth-order valence-electron chi connectivity index (χ4n) is 0.708. The van der Waals surface area contributed by atoms with Crippen LogP contribution in [0.25, 0.3) is 0 Å². The summed E-state index contributed by atoms with van der Waals surface area (Å²) in [6.07, 6.45) is 1.26. The minimum absolute atomic E-state index is 0.226. The molecule has 0 spiro atoms. The molecule has 3 nitrogen and oxygen atoms in total. The van der Waals surface area contributed by atoms with Crippen molar-refractivity contribution in [1.82, 2.24) is 5.32 Å². The van der Waals surface area contributed by atoms with E-state index in [9.17, 15) is 8.42 Å². The fourth-order valence-corrected chi connectivity index (χ4v) is 1.20. The number of sulfone groups is 1. The van der Waals surface area contributed by atoms with Crippen molar-refractivity contribution in [3.8, 4) is 0 Å². The summed E-state index contributed by atoms with van der Waals surface area (Å²) in [6.45, 7) is 6.83. The molecule has 0 bridgehead atoms. The molecule has 0 heterocycles. The lowest BCUT2D eigenvalue weighted by atomic mass is 10.1. The van der Waals surface area contributed by atoms with Crippen molar-refractivity contribution < 1.29 is 8.42 Å². The lowest BCUT2D eigenvalue weighted by molar-refractivity contribution is 0.437. The Morgan fingerprint density at radius 2 is 1.75 bits per heavy atom. The van der Waals surface area contributed by atoms with Crippen molar-refractivity contribution in [1.29, 1.82) is 0 Å². The normalized spacial score (nSPS) is 15.1. The van der Waals surface area contributed by atoms with Gasteiger partial charge in [0.25, 0.3) is 0 Å². The van der Waals surface area contributed by atoms with E-state index in [1.807, 2.05) is 0 Å². The van der Waals surface area contributed by atoms with Gasteiger partial charge < -0.3 is 5.32 Å². The van der Waals surface area contributed by atoms with E-state index in [2.05, 4.69) is 26.1 Å². The van der Waals surface area contributed by atoms with Gasteiger partial charge in [0.1, 0.15) is 9.84 Å². The van der Waals surface area contributed by atoms with Gasteiger partial charge in [0.15, 0.2) is 0 Å². The van der Waals surface area contributed by atoms with Gasteiger partial charge in [0.2, 0.25) is 0 Å². The zero-order valence-corrected chi connectivity index (χ0v) is 9.11. The standard InChI is InChI=1S/C8H19NO2S/c1-7(2)8(3)9-5-6-12(4,10)11/h7-9H,5-6H2,1-4H3. The van der Waals surface area contributed by atoms with Crippen LogP contribution in [-0.4, -0.2) is 33.0 Å². The Balaban J connectivity index is 3.58. The molecule has 74 valence electrons. The molecule has 0 aliphatic rings.